The molecule has 3 heteroatoms. The van der Waals surface area contributed by atoms with Crippen LogP contribution in [0.15, 0.2) is 24.3 Å². The van der Waals surface area contributed by atoms with Gasteiger partial charge in [-0.2, -0.15) is 0 Å². The summed E-state index contributed by atoms with van der Waals surface area (Å²) in [4.78, 5) is 13.8. The van der Waals surface area contributed by atoms with E-state index in [9.17, 15) is 4.79 Å². The van der Waals surface area contributed by atoms with Gasteiger partial charge in [-0.1, -0.05) is 23.7 Å². The van der Waals surface area contributed by atoms with Gasteiger partial charge in [0, 0.05) is 23.9 Å². The lowest BCUT2D eigenvalue weighted by Gasteiger charge is -2.18. The fourth-order valence-electron chi connectivity index (χ4n) is 2.55. The summed E-state index contributed by atoms with van der Waals surface area (Å²) in [5, 5.41) is 0.776. The Balaban J connectivity index is 1.76. The number of nitrogens with zero attached hydrogens (tertiary/aromatic N) is 1. The van der Waals surface area contributed by atoms with E-state index >= 15 is 0 Å². The van der Waals surface area contributed by atoms with Crippen molar-refractivity contribution in [1.29, 1.82) is 0 Å². The molecule has 1 fully saturated rings. The average Bonchev–Trinajstić information content (AvgIpc) is 2.75. The third kappa shape index (κ3) is 3.82. The van der Waals surface area contributed by atoms with Crippen LogP contribution in [0.1, 0.15) is 31.2 Å². The van der Waals surface area contributed by atoms with Gasteiger partial charge in [0.15, 0.2) is 0 Å². The Bertz CT molecular complexity index is 401. The van der Waals surface area contributed by atoms with Crippen molar-refractivity contribution in [3.63, 3.8) is 0 Å². The van der Waals surface area contributed by atoms with Gasteiger partial charge in [-0.25, -0.2) is 0 Å². The number of carbonyl (C=O) groups is 1. The second-order valence-corrected chi connectivity index (χ2v) is 5.64. The van der Waals surface area contributed by atoms with E-state index < -0.39 is 0 Å². The lowest BCUT2D eigenvalue weighted by atomic mass is 10.0. The Morgan fingerprint density at radius 1 is 1.33 bits per heavy atom. The Labute approximate surface area is 114 Å². The predicted molar refractivity (Wildman–Crippen MR) is 74.8 cm³/mol. The molecule has 0 spiro atoms. The second-order valence-electron chi connectivity index (χ2n) is 5.21. The van der Waals surface area contributed by atoms with E-state index in [1.807, 2.05) is 12.1 Å². The molecule has 0 heterocycles. The maximum Gasteiger partial charge on any atom is 0.136 e. The molecule has 1 aliphatic rings. The largest absolute Gasteiger partial charge is 0.302 e. The zero-order chi connectivity index (χ0) is 13.0. The van der Waals surface area contributed by atoms with Crippen LogP contribution in [-0.2, 0) is 11.3 Å². The van der Waals surface area contributed by atoms with Gasteiger partial charge in [0.25, 0.3) is 0 Å². The molecule has 1 saturated carbocycles. The number of hydrogen-bond donors (Lipinski definition) is 0. The first-order valence-corrected chi connectivity index (χ1v) is 6.98. The summed E-state index contributed by atoms with van der Waals surface area (Å²) in [6.07, 6.45) is 3.98. The van der Waals surface area contributed by atoms with Crippen LogP contribution in [0, 0.1) is 5.92 Å². The fraction of sp³-hybridized carbons (Fsp3) is 0.533. The predicted octanol–water partition coefficient (Wildman–Crippen LogP) is 3.53. The number of hydrogen-bond acceptors (Lipinski definition) is 2. The normalized spacial score (nSPS) is 19.7. The summed E-state index contributed by atoms with van der Waals surface area (Å²) >= 11 is 5.86. The van der Waals surface area contributed by atoms with Crippen LogP contribution < -0.4 is 0 Å². The summed E-state index contributed by atoms with van der Waals surface area (Å²) in [6, 6.07) is 7.95. The highest BCUT2D eigenvalue weighted by Gasteiger charge is 2.23. The number of carbonyl (C=O) groups excluding carboxylic acids is 1. The first-order chi connectivity index (χ1) is 8.65. The molecule has 1 atom stereocenters. The van der Waals surface area contributed by atoms with Crippen LogP contribution in [0.3, 0.4) is 0 Å². The summed E-state index contributed by atoms with van der Waals surface area (Å²) in [5.74, 6) is 0.785. The maximum absolute atomic E-state index is 11.5. The van der Waals surface area contributed by atoms with Crippen molar-refractivity contribution in [2.24, 2.45) is 5.92 Å². The molecule has 1 unspecified atom stereocenters. The number of halogens is 1. The van der Waals surface area contributed by atoms with Gasteiger partial charge < -0.3 is 4.90 Å². The SMILES string of the molecule is CN(CCC1CCCC1=O)Cc1ccc(Cl)cc1. The van der Waals surface area contributed by atoms with E-state index in [1.54, 1.807) is 0 Å². The summed E-state index contributed by atoms with van der Waals surface area (Å²) in [6.45, 7) is 1.90. The van der Waals surface area contributed by atoms with Crippen LogP contribution >= 0.6 is 11.6 Å². The first-order valence-electron chi connectivity index (χ1n) is 6.61. The smallest absolute Gasteiger partial charge is 0.136 e. The molecule has 1 aromatic rings. The van der Waals surface area contributed by atoms with Crippen LogP contribution in [0.2, 0.25) is 5.02 Å². The Morgan fingerprint density at radius 3 is 2.67 bits per heavy atom. The number of ketones is 1. The minimum Gasteiger partial charge on any atom is -0.302 e. The highest BCUT2D eigenvalue weighted by molar-refractivity contribution is 6.30. The Hall–Kier alpha value is -0.860. The standard InChI is InChI=1S/C15H20ClNO/c1-17(10-9-13-3-2-4-15(13)18)11-12-5-7-14(16)8-6-12/h5-8,13H,2-4,9-11H2,1H3. The van der Waals surface area contributed by atoms with Gasteiger partial charge in [-0.3, -0.25) is 4.79 Å². The number of Topliss-reactive ketones (excluding diaryl/α,β-unsaturated/α-hetero) is 1. The average molecular weight is 266 g/mol. The third-order valence-electron chi connectivity index (χ3n) is 3.66. The third-order valence-corrected chi connectivity index (χ3v) is 3.91. The van der Waals surface area contributed by atoms with E-state index in [4.69, 9.17) is 11.6 Å². The van der Waals surface area contributed by atoms with Gasteiger partial charge in [0.2, 0.25) is 0 Å². The lowest BCUT2D eigenvalue weighted by molar-refractivity contribution is -0.120. The molecule has 0 aliphatic heterocycles. The number of benzene rings is 1. The van der Waals surface area contributed by atoms with E-state index in [-0.39, 0.29) is 0 Å². The van der Waals surface area contributed by atoms with Crippen LogP contribution in [-0.4, -0.2) is 24.3 Å². The van der Waals surface area contributed by atoms with Gasteiger partial charge in [0.1, 0.15) is 5.78 Å². The van der Waals surface area contributed by atoms with Crippen molar-refractivity contribution in [2.45, 2.75) is 32.2 Å². The molecule has 2 rings (SSSR count). The Morgan fingerprint density at radius 2 is 2.06 bits per heavy atom. The van der Waals surface area contributed by atoms with Gasteiger partial charge >= 0.3 is 0 Å². The molecule has 0 N–H and O–H groups in total. The quantitative estimate of drug-likeness (QED) is 0.812. The van der Waals surface area contributed by atoms with Crippen molar-refractivity contribution < 1.29 is 4.79 Å². The van der Waals surface area contributed by atoms with E-state index in [1.165, 1.54) is 5.56 Å². The van der Waals surface area contributed by atoms with Crippen molar-refractivity contribution in [3.05, 3.63) is 34.9 Å². The molecular weight excluding hydrogens is 246 g/mol. The highest BCUT2D eigenvalue weighted by atomic mass is 35.5. The number of rotatable bonds is 5. The molecule has 18 heavy (non-hydrogen) atoms. The van der Waals surface area contributed by atoms with Crippen LogP contribution in [0.25, 0.3) is 0 Å². The molecule has 0 aromatic heterocycles. The minimum absolute atomic E-state index is 0.317. The molecule has 0 amide bonds. The van der Waals surface area contributed by atoms with Crippen molar-refractivity contribution in [3.8, 4) is 0 Å². The fourth-order valence-corrected chi connectivity index (χ4v) is 2.68. The van der Waals surface area contributed by atoms with Crippen molar-refractivity contribution in [1.82, 2.24) is 4.90 Å². The lowest BCUT2D eigenvalue weighted by Crippen LogP contribution is -2.22. The zero-order valence-corrected chi connectivity index (χ0v) is 11.6. The monoisotopic (exact) mass is 265 g/mol. The van der Waals surface area contributed by atoms with Gasteiger partial charge in [-0.05, 0) is 50.6 Å². The molecular formula is C15H20ClNO. The minimum atomic E-state index is 0.317. The molecule has 98 valence electrons. The molecule has 1 aromatic carbocycles. The topological polar surface area (TPSA) is 20.3 Å². The zero-order valence-electron chi connectivity index (χ0n) is 10.9. The summed E-state index contributed by atoms with van der Waals surface area (Å²) < 4.78 is 0. The van der Waals surface area contributed by atoms with Crippen LogP contribution in [0.5, 0.6) is 0 Å². The van der Waals surface area contributed by atoms with Crippen molar-refractivity contribution >= 4 is 17.4 Å². The van der Waals surface area contributed by atoms with Crippen LogP contribution in [0.4, 0.5) is 0 Å². The van der Waals surface area contributed by atoms with Gasteiger partial charge in [0.05, 0.1) is 0 Å². The van der Waals surface area contributed by atoms with E-state index in [2.05, 4.69) is 24.1 Å². The molecule has 0 bridgehead atoms. The molecule has 0 radical (unpaired) electrons. The highest BCUT2D eigenvalue weighted by Crippen LogP contribution is 2.24. The summed E-state index contributed by atoms with van der Waals surface area (Å²) in [7, 11) is 2.11. The first kappa shape index (κ1) is 13.6. The van der Waals surface area contributed by atoms with E-state index in [0.29, 0.717) is 11.7 Å². The van der Waals surface area contributed by atoms with Crippen molar-refractivity contribution in [2.75, 3.05) is 13.6 Å². The maximum atomic E-state index is 11.5. The van der Waals surface area contributed by atoms with Gasteiger partial charge in [-0.15, -0.1) is 0 Å². The summed E-state index contributed by atoms with van der Waals surface area (Å²) in [5.41, 5.74) is 1.26. The second kappa shape index (κ2) is 6.35. The van der Waals surface area contributed by atoms with E-state index in [0.717, 1.165) is 43.8 Å². The Kier molecular flexibility index (Phi) is 4.79. The molecule has 2 nitrogen and oxygen atoms in total. The molecule has 0 saturated heterocycles. The molecule has 1 aliphatic carbocycles.